The van der Waals surface area contributed by atoms with Crippen LogP contribution in [0.3, 0.4) is 0 Å². The lowest BCUT2D eigenvalue weighted by molar-refractivity contribution is -0.388. The van der Waals surface area contributed by atoms with Crippen molar-refractivity contribution in [3.8, 4) is 5.82 Å². The Kier molecular flexibility index (Phi) is 3.52. The summed E-state index contributed by atoms with van der Waals surface area (Å²) in [7, 11) is 1.70. The fourth-order valence-corrected chi connectivity index (χ4v) is 2.01. The lowest BCUT2D eigenvalue weighted by Crippen LogP contribution is -2.06. The average molecular weight is 299 g/mol. The van der Waals surface area contributed by atoms with Gasteiger partial charge in [0.25, 0.3) is 0 Å². The summed E-state index contributed by atoms with van der Waals surface area (Å²) in [6.45, 7) is 0.414. The summed E-state index contributed by atoms with van der Waals surface area (Å²) < 4.78 is 3.37. The molecule has 0 radical (unpaired) electrons. The Morgan fingerprint density at radius 3 is 2.82 bits per heavy atom. The predicted molar refractivity (Wildman–Crippen MR) is 78.5 cm³/mol. The monoisotopic (exact) mass is 299 g/mol. The van der Waals surface area contributed by atoms with Gasteiger partial charge in [-0.3, -0.25) is 9.13 Å². The van der Waals surface area contributed by atoms with E-state index in [1.54, 1.807) is 41.1 Å². The topological polar surface area (TPSA) is 104 Å². The summed E-state index contributed by atoms with van der Waals surface area (Å²) >= 11 is 0. The maximum Gasteiger partial charge on any atom is 0.406 e. The van der Waals surface area contributed by atoms with Gasteiger partial charge in [-0.05, 0) is 21.5 Å². The Morgan fingerprint density at radius 1 is 1.32 bits per heavy atom. The quantitative estimate of drug-likeness (QED) is 0.566. The van der Waals surface area contributed by atoms with E-state index in [-0.39, 0.29) is 5.82 Å². The number of aryl methyl sites for hydroxylation is 1. The molecule has 0 aliphatic carbocycles. The van der Waals surface area contributed by atoms with Crippen molar-refractivity contribution >= 4 is 11.6 Å². The maximum absolute atomic E-state index is 10.9. The van der Waals surface area contributed by atoms with Crippen molar-refractivity contribution in [1.82, 2.24) is 24.1 Å². The highest BCUT2D eigenvalue weighted by Gasteiger charge is 2.19. The van der Waals surface area contributed by atoms with Crippen LogP contribution in [0.2, 0.25) is 0 Å². The van der Waals surface area contributed by atoms with E-state index in [0.29, 0.717) is 12.4 Å². The molecule has 9 heteroatoms. The highest BCUT2D eigenvalue weighted by molar-refractivity contribution is 5.52. The second-order valence-electron chi connectivity index (χ2n) is 4.63. The van der Waals surface area contributed by atoms with Crippen LogP contribution in [-0.4, -0.2) is 29.0 Å². The number of nitrogens with zero attached hydrogens (tertiary/aromatic N) is 6. The van der Waals surface area contributed by atoms with Gasteiger partial charge in [0.1, 0.15) is 12.1 Å². The second kappa shape index (κ2) is 5.64. The summed E-state index contributed by atoms with van der Waals surface area (Å²) in [6, 6.07) is 3.76. The molecule has 0 saturated heterocycles. The Hall–Kier alpha value is -3.23. The maximum atomic E-state index is 10.9. The molecule has 0 fully saturated rings. The van der Waals surface area contributed by atoms with Gasteiger partial charge in [-0.2, -0.15) is 0 Å². The third-order valence-corrected chi connectivity index (χ3v) is 3.13. The van der Waals surface area contributed by atoms with Gasteiger partial charge < -0.3 is 15.4 Å². The van der Waals surface area contributed by atoms with E-state index in [4.69, 9.17) is 0 Å². The fourth-order valence-electron chi connectivity index (χ4n) is 2.01. The van der Waals surface area contributed by atoms with Crippen LogP contribution in [0.5, 0.6) is 0 Å². The molecule has 0 amide bonds. The molecule has 0 aliphatic heterocycles. The van der Waals surface area contributed by atoms with Gasteiger partial charge in [0.05, 0.1) is 0 Å². The van der Waals surface area contributed by atoms with Crippen molar-refractivity contribution in [1.29, 1.82) is 0 Å². The number of hydrogen-bond acceptors (Lipinski definition) is 6. The molecule has 0 bridgehead atoms. The Bertz CT molecular complexity index is 777. The van der Waals surface area contributed by atoms with Crippen molar-refractivity contribution in [2.24, 2.45) is 7.05 Å². The number of aromatic nitrogens is 5. The first-order valence-electron chi connectivity index (χ1n) is 6.48. The van der Waals surface area contributed by atoms with Crippen molar-refractivity contribution in [2.45, 2.75) is 6.54 Å². The number of pyridine rings is 1. The van der Waals surface area contributed by atoms with E-state index in [0.717, 1.165) is 11.4 Å². The molecule has 3 aromatic heterocycles. The van der Waals surface area contributed by atoms with Gasteiger partial charge in [0.2, 0.25) is 12.1 Å². The molecule has 0 unspecified atom stereocenters. The number of rotatable bonds is 5. The number of imidazole rings is 2. The van der Waals surface area contributed by atoms with Crippen molar-refractivity contribution < 1.29 is 4.92 Å². The van der Waals surface area contributed by atoms with Crippen molar-refractivity contribution in [2.75, 3.05) is 5.32 Å². The van der Waals surface area contributed by atoms with Crippen LogP contribution in [0.1, 0.15) is 5.56 Å². The van der Waals surface area contributed by atoms with Gasteiger partial charge >= 0.3 is 5.82 Å². The van der Waals surface area contributed by atoms with E-state index in [1.807, 2.05) is 12.1 Å². The van der Waals surface area contributed by atoms with Gasteiger partial charge in [0.15, 0.2) is 0 Å². The highest BCUT2D eigenvalue weighted by atomic mass is 16.6. The van der Waals surface area contributed by atoms with E-state index in [2.05, 4.69) is 20.3 Å². The first-order valence-corrected chi connectivity index (χ1v) is 6.48. The second-order valence-corrected chi connectivity index (χ2v) is 4.63. The molecule has 9 nitrogen and oxygen atoms in total. The number of hydrogen-bond donors (Lipinski definition) is 1. The van der Waals surface area contributed by atoms with Gasteiger partial charge in [0, 0.05) is 32.2 Å². The zero-order chi connectivity index (χ0) is 15.5. The fraction of sp³-hybridized carbons (Fsp3) is 0.154. The van der Waals surface area contributed by atoms with Crippen LogP contribution in [0.15, 0.2) is 43.4 Å². The zero-order valence-corrected chi connectivity index (χ0v) is 11.7. The molecule has 22 heavy (non-hydrogen) atoms. The van der Waals surface area contributed by atoms with Crippen LogP contribution in [-0.2, 0) is 13.6 Å². The van der Waals surface area contributed by atoms with E-state index in [1.165, 1.54) is 6.33 Å². The molecule has 0 spiro atoms. The lowest BCUT2D eigenvalue weighted by atomic mass is 10.3. The molecule has 0 atom stereocenters. The van der Waals surface area contributed by atoms with E-state index < -0.39 is 4.92 Å². The number of anilines is 1. The largest absolute Gasteiger partial charge is 0.406 e. The standard InChI is InChI=1S/C13H13N7O2/c1-18-9-17-13(20(21)22)12(18)16-7-10-2-3-11(15-6-10)19-5-4-14-8-19/h2-6,8-9,16H,7H2,1H3. The normalized spacial score (nSPS) is 10.6. The summed E-state index contributed by atoms with van der Waals surface area (Å²) in [4.78, 5) is 22.4. The minimum Gasteiger partial charge on any atom is -0.360 e. The molecular weight excluding hydrogens is 286 g/mol. The van der Waals surface area contributed by atoms with Crippen LogP contribution < -0.4 is 5.32 Å². The molecule has 3 heterocycles. The third-order valence-electron chi connectivity index (χ3n) is 3.13. The van der Waals surface area contributed by atoms with Gasteiger partial charge in [-0.25, -0.2) is 9.97 Å². The van der Waals surface area contributed by atoms with Crippen molar-refractivity contribution in [3.05, 3.63) is 59.1 Å². The predicted octanol–water partition coefficient (Wildman–Crippen LogP) is 1.52. The summed E-state index contributed by atoms with van der Waals surface area (Å²) in [5.74, 6) is 0.932. The molecule has 0 aromatic carbocycles. The van der Waals surface area contributed by atoms with Crippen LogP contribution >= 0.6 is 0 Å². The smallest absolute Gasteiger partial charge is 0.360 e. The van der Waals surface area contributed by atoms with Gasteiger partial charge in [-0.1, -0.05) is 6.07 Å². The third kappa shape index (κ3) is 2.64. The first kappa shape index (κ1) is 13.7. The van der Waals surface area contributed by atoms with Crippen LogP contribution in [0.4, 0.5) is 11.6 Å². The molecule has 112 valence electrons. The average Bonchev–Trinajstić information content (AvgIpc) is 3.15. The van der Waals surface area contributed by atoms with Crippen LogP contribution in [0.25, 0.3) is 5.82 Å². The summed E-state index contributed by atoms with van der Waals surface area (Å²) in [6.07, 6.45) is 8.27. The van der Waals surface area contributed by atoms with E-state index >= 15 is 0 Å². The van der Waals surface area contributed by atoms with E-state index in [9.17, 15) is 10.1 Å². The highest BCUT2D eigenvalue weighted by Crippen LogP contribution is 2.21. The Balaban J connectivity index is 1.72. The lowest BCUT2D eigenvalue weighted by Gasteiger charge is -2.07. The molecule has 0 aliphatic rings. The Morgan fingerprint density at radius 2 is 2.18 bits per heavy atom. The molecular formula is C13H13N7O2. The molecule has 1 N–H and O–H groups in total. The molecule has 3 aromatic rings. The molecule has 0 saturated carbocycles. The van der Waals surface area contributed by atoms with Crippen molar-refractivity contribution in [3.63, 3.8) is 0 Å². The number of nitrogens with one attached hydrogen (secondary N) is 1. The minimum atomic E-state index is -0.511. The Labute approximate surface area is 125 Å². The first-order chi connectivity index (χ1) is 10.6. The molecule has 3 rings (SSSR count). The van der Waals surface area contributed by atoms with Gasteiger partial charge in [-0.15, -0.1) is 0 Å². The van der Waals surface area contributed by atoms with Crippen LogP contribution in [0, 0.1) is 10.1 Å². The summed E-state index contributed by atoms with van der Waals surface area (Å²) in [5, 5.41) is 13.9. The minimum absolute atomic E-state index is 0.189. The number of nitro groups is 1. The SMILES string of the molecule is Cn1cnc([N+](=O)[O-])c1NCc1ccc(-n2ccnc2)nc1. The zero-order valence-electron chi connectivity index (χ0n) is 11.7. The summed E-state index contributed by atoms with van der Waals surface area (Å²) in [5.41, 5.74) is 0.902.